The highest BCUT2D eigenvalue weighted by Crippen LogP contribution is 2.42. The van der Waals surface area contributed by atoms with Crippen molar-refractivity contribution in [2.45, 2.75) is 32.6 Å². The van der Waals surface area contributed by atoms with Crippen LogP contribution in [0.25, 0.3) is 27.6 Å². The maximum atomic E-state index is 12.8. The van der Waals surface area contributed by atoms with Gasteiger partial charge in [0.2, 0.25) is 10.0 Å². The Morgan fingerprint density at radius 2 is 1.76 bits per heavy atom. The Morgan fingerprint density at radius 3 is 2.35 bits per heavy atom. The number of Topliss-reactive ketones (excluding diaryl/α,β-unsaturated/α-hetero) is 1. The SMILES string of the molecule is COc1c(C(C)(C)C)cc(C2=CC=CCC2=O)c2cnc(-c3ccc(NS(C)(=O)=O)cc3)cc12. The van der Waals surface area contributed by atoms with Crippen molar-refractivity contribution in [2.24, 2.45) is 0 Å². The van der Waals surface area contributed by atoms with Gasteiger partial charge in [-0.05, 0) is 35.2 Å². The standard InChI is InChI=1S/C27H28N2O4S/c1-27(2,3)23-14-20(19-8-6-7-9-25(19)30)22-16-28-24(15-21(22)26(23)33-4)17-10-12-18(13-11-17)29-34(5,31)32/h6-8,10-16,29H,9H2,1-5H3. The predicted molar refractivity (Wildman–Crippen MR) is 138 cm³/mol. The van der Waals surface area contributed by atoms with E-state index in [2.05, 4.69) is 36.5 Å². The van der Waals surface area contributed by atoms with Crippen molar-refractivity contribution in [3.8, 4) is 17.0 Å². The molecule has 4 rings (SSSR count). The third-order valence-electron chi connectivity index (χ3n) is 5.76. The first-order valence-corrected chi connectivity index (χ1v) is 12.9. The lowest BCUT2D eigenvalue weighted by Crippen LogP contribution is -2.15. The van der Waals surface area contributed by atoms with Gasteiger partial charge in [-0.2, -0.15) is 0 Å². The molecule has 0 saturated heterocycles. The van der Waals surface area contributed by atoms with Crippen LogP contribution < -0.4 is 9.46 Å². The fourth-order valence-electron chi connectivity index (χ4n) is 4.15. The Hall–Kier alpha value is -3.45. The van der Waals surface area contributed by atoms with Crippen LogP contribution in [0.3, 0.4) is 0 Å². The van der Waals surface area contributed by atoms with Crippen LogP contribution in [-0.4, -0.2) is 32.6 Å². The summed E-state index contributed by atoms with van der Waals surface area (Å²) in [5.41, 5.74) is 4.35. The summed E-state index contributed by atoms with van der Waals surface area (Å²) in [7, 11) is -1.70. The lowest BCUT2D eigenvalue weighted by molar-refractivity contribution is -0.113. The summed E-state index contributed by atoms with van der Waals surface area (Å²) >= 11 is 0. The highest BCUT2D eigenvalue weighted by Gasteiger charge is 2.26. The molecule has 0 atom stereocenters. The van der Waals surface area contributed by atoms with Crippen molar-refractivity contribution in [1.82, 2.24) is 4.98 Å². The molecule has 2 aromatic carbocycles. The molecule has 0 unspecified atom stereocenters. The highest BCUT2D eigenvalue weighted by atomic mass is 32.2. The number of fused-ring (bicyclic) bond motifs is 1. The molecule has 1 aliphatic carbocycles. The largest absolute Gasteiger partial charge is 0.496 e. The summed E-state index contributed by atoms with van der Waals surface area (Å²) in [6.45, 7) is 6.35. The molecule has 7 heteroatoms. The van der Waals surface area contributed by atoms with Crippen LogP contribution in [-0.2, 0) is 20.2 Å². The van der Waals surface area contributed by atoms with Crippen molar-refractivity contribution >= 4 is 37.8 Å². The van der Waals surface area contributed by atoms with Crippen LogP contribution in [0.5, 0.6) is 5.75 Å². The number of sulfonamides is 1. The number of allylic oxidation sites excluding steroid dienone is 4. The third-order valence-corrected chi connectivity index (χ3v) is 6.37. The minimum Gasteiger partial charge on any atom is -0.496 e. The molecule has 0 saturated carbocycles. The predicted octanol–water partition coefficient (Wildman–Crippen LogP) is 5.49. The van der Waals surface area contributed by atoms with E-state index in [1.165, 1.54) is 0 Å². The second-order valence-electron chi connectivity index (χ2n) is 9.46. The molecular weight excluding hydrogens is 448 g/mol. The first-order valence-electron chi connectivity index (χ1n) is 11.0. The maximum absolute atomic E-state index is 12.8. The van der Waals surface area contributed by atoms with E-state index in [9.17, 15) is 13.2 Å². The molecule has 1 aromatic heterocycles. The average molecular weight is 477 g/mol. The smallest absolute Gasteiger partial charge is 0.229 e. The molecule has 0 amide bonds. The minimum atomic E-state index is -3.35. The quantitative estimate of drug-likeness (QED) is 0.526. The van der Waals surface area contributed by atoms with Crippen LogP contribution >= 0.6 is 0 Å². The minimum absolute atomic E-state index is 0.0758. The molecule has 0 fully saturated rings. The van der Waals surface area contributed by atoms with Crippen LogP contribution in [0.2, 0.25) is 0 Å². The summed E-state index contributed by atoms with van der Waals surface area (Å²) in [5.74, 6) is 0.830. The topological polar surface area (TPSA) is 85.4 Å². The number of ether oxygens (including phenoxy) is 1. The van der Waals surface area contributed by atoms with E-state index < -0.39 is 10.0 Å². The second-order valence-corrected chi connectivity index (χ2v) is 11.2. The number of methoxy groups -OCH3 is 1. The lowest BCUT2D eigenvalue weighted by atomic mass is 9.81. The van der Waals surface area contributed by atoms with Crippen molar-refractivity contribution in [1.29, 1.82) is 0 Å². The van der Waals surface area contributed by atoms with E-state index in [0.29, 0.717) is 17.7 Å². The van der Waals surface area contributed by atoms with Crippen molar-refractivity contribution in [3.05, 3.63) is 72.0 Å². The summed E-state index contributed by atoms with van der Waals surface area (Å²) in [6, 6.07) is 11.1. The molecule has 1 N–H and O–H groups in total. The number of benzene rings is 2. The van der Waals surface area contributed by atoms with Gasteiger partial charge >= 0.3 is 0 Å². The molecular formula is C27H28N2O4S. The van der Waals surface area contributed by atoms with Crippen molar-refractivity contribution in [3.63, 3.8) is 0 Å². The van der Waals surface area contributed by atoms with Gasteiger partial charge in [-0.1, -0.05) is 51.1 Å². The molecule has 0 bridgehead atoms. The fraction of sp³-hybridized carbons (Fsp3) is 0.259. The Morgan fingerprint density at radius 1 is 1.06 bits per heavy atom. The summed E-state index contributed by atoms with van der Waals surface area (Å²) in [5, 5.41) is 1.72. The monoisotopic (exact) mass is 476 g/mol. The van der Waals surface area contributed by atoms with Gasteiger partial charge in [-0.15, -0.1) is 0 Å². The first kappa shape index (κ1) is 23.7. The van der Waals surface area contributed by atoms with Crippen molar-refractivity contribution in [2.75, 3.05) is 18.1 Å². The number of aromatic nitrogens is 1. The van der Waals surface area contributed by atoms with E-state index in [1.54, 1.807) is 25.4 Å². The molecule has 1 heterocycles. The van der Waals surface area contributed by atoms with E-state index in [-0.39, 0.29) is 11.2 Å². The van der Waals surface area contributed by atoms with Crippen LogP contribution in [0.4, 0.5) is 5.69 Å². The number of rotatable bonds is 5. The number of carbonyl (C=O) groups excluding carboxylic acids is 1. The normalized spacial score (nSPS) is 14.3. The molecule has 1 aliphatic rings. The van der Waals surface area contributed by atoms with Gasteiger partial charge < -0.3 is 4.74 Å². The molecule has 34 heavy (non-hydrogen) atoms. The van der Waals surface area contributed by atoms with E-state index >= 15 is 0 Å². The molecule has 0 radical (unpaired) electrons. The van der Waals surface area contributed by atoms with Crippen LogP contribution in [0, 0.1) is 0 Å². The summed E-state index contributed by atoms with van der Waals surface area (Å²) < 4.78 is 31.4. The van der Waals surface area contributed by atoms with Crippen LogP contribution in [0.1, 0.15) is 38.3 Å². The molecule has 3 aromatic rings. The Labute approximate surface area is 200 Å². The molecule has 0 aliphatic heterocycles. The fourth-order valence-corrected chi connectivity index (χ4v) is 4.72. The summed E-state index contributed by atoms with van der Waals surface area (Å²) in [4.78, 5) is 17.4. The van der Waals surface area contributed by atoms with Gasteiger partial charge in [0.15, 0.2) is 5.78 Å². The number of hydrogen-bond donors (Lipinski definition) is 1. The number of anilines is 1. The van der Waals surface area contributed by atoms with Gasteiger partial charge in [0.25, 0.3) is 0 Å². The Balaban J connectivity index is 1.93. The second kappa shape index (κ2) is 8.72. The number of hydrogen-bond acceptors (Lipinski definition) is 5. The number of carbonyl (C=O) groups is 1. The first-order chi connectivity index (χ1) is 16.0. The molecule has 176 valence electrons. The maximum Gasteiger partial charge on any atom is 0.229 e. The van der Waals surface area contributed by atoms with Gasteiger partial charge in [-0.25, -0.2) is 8.42 Å². The van der Waals surface area contributed by atoms with Crippen molar-refractivity contribution < 1.29 is 17.9 Å². The Bertz CT molecular complexity index is 1440. The Kier molecular flexibility index (Phi) is 6.08. The van der Waals surface area contributed by atoms with Gasteiger partial charge in [0.05, 0.1) is 19.1 Å². The van der Waals surface area contributed by atoms with Gasteiger partial charge in [-0.3, -0.25) is 14.5 Å². The zero-order valence-corrected chi connectivity index (χ0v) is 20.8. The summed E-state index contributed by atoms with van der Waals surface area (Å²) in [6.07, 6.45) is 8.91. The van der Waals surface area contributed by atoms with E-state index in [1.807, 2.05) is 36.4 Å². The zero-order valence-electron chi connectivity index (χ0n) is 20.0. The highest BCUT2D eigenvalue weighted by molar-refractivity contribution is 7.92. The third kappa shape index (κ3) is 4.75. The molecule has 0 spiro atoms. The van der Waals surface area contributed by atoms with Gasteiger partial charge in [0.1, 0.15) is 5.75 Å². The molecule has 6 nitrogen and oxygen atoms in total. The number of nitrogens with one attached hydrogen (secondary N) is 1. The van der Waals surface area contributed by atoms with E-state index in [0.717, 1.165) is 45.2 Å². The van der Waals surface area contributed by atoms with E-state index in [4.69, 9.17) is 4.74 Å². The van der Waals surface area contributed by atoms with Crippen LogP contribution in [0.15, 0.2) is 60.8 Å². The van der Waals surface area contributed by atoms with Gasteiger partial charge in [0, 0.05) is 45.8 Å². The number of nitrogens with zero attached hydrogens (tertiary/aromatic N) is 1. The zero-order chi connectivity index (χ0) is 24.7. The number of ketones is 1. The number of pyridine rings is 1. The average Bonchev–Trinajstić information content (AvgIpc) is 2.77. The lowest BCUT2D eigenvalue weighted by Gasteiger charge is -2.26.